The number of aryl methyl sites for hydroxylation is 1. The van der Waals surface area contributed by atoms with E-state index in [9.17, 15) is 9.18 Å². The van der Waals surface area contributed by atoms with Crippen molar-refractivity contribution in [1.82, 2.24) is 19.8 Å². The predicted molar refractivity (Wildman–Crippen MR) is 151 cm³/mol. The second-order valence-corrected chi connectivity index (χ2v) is 9.91. The van der Waals surface area contributed by atoms with Crippen LogP contribution in [-0.4, -0.2) is 32.0 Å². The average Bonchev–Trinajstić information content (AvgIpc) is 3.40. The maximum Gasteiger partial charge on any atom is 0.226 e. The molecule has 1 saturated heterocycles. The van der Waals surface area contributed by atoms with E-state index in [0.717, 1.165) is 29.2 Å². The smallest absolute Gasteiger partial charge is 0.226 e. The molecule has 2 aromatic heterocycles. The number of benzene rings is 2. The van der Waals surface area contributed by atoms with Gasteiger partial charge in [-0.1, -0.05) is 36.4 Å². The van der Waals surface area contributed by atoms with Crippen molar-refractivity contribution in [1.29, 1.82) is 0 Å². The van der Waals surface area contributed by atoms with Gasteiger partial charge in [0, 0.05) is 42.8 Å². The Kier molecular flexibility index (Phi) is 7.51. The topological polar surface area (TPSA) is 62.2 Å². The van der Waals surface area contributed by atoms with Gasteiger partial charge < -0.3 is 20.1 Å². The number of carbonyl (C=O) groups excluding carboxylic acids is 1. The largest absolute Gasteiger partial charge is 0.352 e. The Hall–Kier alpha value is -4.04. The summed E-state index contributed by atoms with van der Waals surface area (Å²) >= 11 is 5.79. The number of aromatic nitrogens is 2. The highest BCUT2D eigenvalue weighted by Crippen LogP contribution is 2.41. The summed E-state index contributed by atoms with van der Waals surface area (Å²) in [4.78, 5) is 19.5. The van der Waals surface area contributed by atoms with Crippen LogP contribution < -0.4 is 10.6 Å². The molecule has 0 bridgehead atoms. The fourth-order valence-corrected chi connectivity index (χ4v) is 5.43. The van der Waals surface area contributed by atoms with Crippen LogP contribution >= 0.6 is 12.2 Å². The highest BCUT2D eigenvalue weighted by Gasteiger charge is 2.41. The number of anilines is 1. The molecule has 1 aliphatic heterocycles. The SMILES string of the molecule is Cc1cc([C@@H]2[C@@H](c3ccccn3)NC(=S)N2CCC(=O)Nc2ccc(F)cc2)c(C)n1Cc1ccccc1. The molecule has 3 heterocycles. The molecule has 0 spiro atoms. The van der Waals surface area contributed by atoms with Crippen LogP contribution in [0.3, 0.4) is 0 Å². The molecule has 2 atom stereocenters. The lowest BCUT2D eigenvalue weighted by Gasteiger charge is -2.28. The molecule has 4 aromatic rings. The van der Waals surface area contributed by atoms with E-state index in [1.165, 1.54) is 17.7 Å². The van der Waals surface area contributed by atoms with Crippen molar-refractivity contribution >= 4 is 28.9 Å². The molecule has 2 aromatic carbocycles. The van der Waals surface area contributed by atoms with Crippen LogP contribution in [0.2, 0.25) is 0 Å². The van der Waals surface area contributed by atoms with Gasteiger partial charge >= 0.3 is 0 Å². The monoisotopic (exact) mass is 527 g/mol. The third-order valence-corrected chi connectivity index (χ3v) is 7.37. The van der Waals surface area contributed by atoms with Crippen LogP contribution in [0.5, 0.6) is 0 Å². The molecule has 1 fully saturated rings. The summed E-state index contributed by atoms with van der Waals surface area (Å²) in [5, 5.41) is 6.90. The number of amides is 1. The van der Waals surface area contributed by atoms with Crippen LogP contribution in [0.1, 0.15) is 46.7 Å². The van der Waals surface area contributed by atoms with Gasteiger partial charge in [-0.05, 0) is 79.7 Å². The summed E-state index contributed by atoms with van der Waals surface area (Å²) < 4.78 is 15.6. The van der Waals surface area contributed by atoms with Crippen molar-refractivity contribution in [2.45, 2.75) is 38.9 Å². The molecule has 0 radical (unpaired) electrons. The third-order valence-electron chi connectivity index (χ3n) is 7.02. The van der Waals surface area contributed by atoms with Crippen LogP contribution in [0.25, 0.3) is 0 Å². The van der Waals surface area contributed by atoms with Crippen molar-refractivity contribution in [2.75, 3.05) is 11.9 Å². The summed E-state index contributed by atoms with van der Waals surface area (Å²) in [7, 11) is 0. The minimum atomic E-state index is -0.343. The van der Waals surface area contributed by atoms with Gasteiger partial charge in [0.15, 0.2) is 5.11 Å². The Labute approximate surface area is 227 Å². The maximum atomic E-state index is 13.2. The Balaban J connectivity index is 1.42. The zero-order chi connectivity index (χ0) is 26.6. The molecule has 2 N–H and O–H groups in total. The van der Waals surface area contributed by atoms with Gasteiger partial charge in [0.25, 0.3) is 0 Å². The van der Waals surface area contributed by atoms with E-state index in [0.29, 0.717) is 17.3 Å². The van der Waals surface area contributed by atoms with Gasteiger partial charge in [-0.25, -0.2) is 4.39 Å². The molecule has 8 heteroatoms. The van der Waals surface area contributed by atoms with Crippen molar-refractivity contribution in [3.8, 4) is 0 Å². The molecule has 0 saturated carbocycles. The quantitative estimate of drug-likeness (QED) is 0.288. The van der Waals surface area contributed by atoms with Gasteiger partial charge in [-0.2, -0.15) is 0 Å². The summed E-state index contributed by atoms with van der Waals surface area (Å²) in [6, 6.07) is 24.0. The molecular formula is C30H30FN5OS. The van der Waals surface area contributed by atoms with Gasteiger partial charge in [-0.3, -0.25) is 9.78 Å². The first-order valence-corrected chi connectivity index (χ1v) is 13.1. The highest BCUT2D eigenvalue weighted by atomic mass is 32.1. The Morgan fingerprint density at radius 1 is 1.05 bits per heavy atom. The molecule has 194 valence electrons. The van der Waals surface area contributed by atoms with E-state index in [-0.39, 0.29) is 30.2 Å². The van der Waals surface area contributed by atoms with Gasteiger partial charge in [0.2, 0.25) is 5.91 Å². The average molecular weight is 528 g/mol. The lowest BCUT2D eigenvalue weighted by atomic mass is 9.96. The standard InChI is InChI=1S/C30H30FN5OS/c1-20-18-25(21(2)36(20)19-22-8-4-3-5-9-22)29-28(26-10-6-7-16-32-26)34-30(38)35(29)17-15-27(37)33-24-13-11-23(31)12-14-24/h3-14,16,18,28-29H,15,17,19H2,1-2H3,(H,33,37)(H,34,38)/t28-,29-/m1/s1. The molecule has 38 heavy (non-hydrogen) atoms. The first kappa shape index (κ1) is 25.6. The molecule has 5 rings (SSSR count). The summed E-state index contributed by atoms with van der Waals surface area (Å²) in [6.45, 7) is 5.46. The number of pyridine rings is 1. The van der Waals surface area contributed by atoms with Crippen molar-refractivity contribution in [3.63, 3.8) is 0 Å². The van der Waals surface area contributed by atoms with Crippen molar-refractivity contribution in [2.24, 2.45) is 0 Å². The number of thiocarbonyl (C=S) groups is 1. The minimum Gasteiger partial charge on any atom is -0.352 e. The fourth-order valence-electron chi connectivity index (χ4n) is 5.10. The fraction of sp³-hybridized carbons (Fsp3) is 0.233. The van der Waals surface area contributed by atoms with E-state index in [4.69, 9.17) is 12.2 Å². The van der Waals surface area contributed by atoms with E-state index in [1.54, 1.807) is 18.3 Å². The zero-order valence-electron chi connectivity index (χ0n) is 21.4. The number of hydrogen-bond acceptors (Lipinski definition) is 3. The third kappa shape index (κ3) is 5.45. The molecule has 0 unspecified atom stereocenters. The first-order chi connectivity index (χ1) is 18.4. The van der Waals surface area contributed by atoms with Crippen molar-refractivity contribution < 1.29 is 9.18 Å². The van der Waals surface area contributed by atoms with E-state index in [1.807, 2.05) is 24.3 Å². The number of halogens is 1. The van der Waals surface area contributed by atoms with Gasteiger partial charge in [0.05, 0.1) is 17.8 Å². The maximum absolute atomic E-state index is 13.2. The van der Waals surface area contributed by atoms with Crippen LogP contribution in [0, 0.1) is 19.7 Å². The molecule has 6 nitrogen and oxygen atoms in total. The summed E-state index contributed by atoms with van der Waals surface area (Å²) in [5.41, 5.74) is 6.16. The number of nitrogens with zero attached hydrogens (tertiary/aromatic N) is 3. The normalized spacial score (nSPS) is 16.9. The number of hydrogen-bond donors (Lipinski definition) is 2. The second-order valence-electron chi connectivity index (χ2n) is 9.52. The van der Waals surface area contributed by atoms with E-state index >= 15 is 0 Å². The predicted octanol–water partition coefficient (Wildman–Crippen LogP) is 5.69. The number of nitrogens with one attached hydrogen (secondary N) is 2. The molecular weight excluding hydrogens is 497 g/mol. The summed E-state index contributed by atoms with van der Waals surface area (Å²) in [5.74, 6) is -0.501. The van der Waals surface area contributed by atoms with Gasteiger partial charge in [0.1, 0.15) is 5.82 Å². The zero-order valence-corrected chi connectivity index (χ0v) is 22.2. The minimum absolute atomic E-state index is 0.133. The molecule has 1 amide bonds. The Bertz CT molecular complexity index is 1420. The summed E-state index contributed by atoms with van der Waals surface area (Å²) in [6.07, 6.45) is 2.02. The van der Waals surface area contributed by atoms with Crippen LogP contribution in [-0.2, 0) is 11.3 Å². The first-order valence-electron chi connectivity index (χ1n) is 12.6. The van der Waals surface area contributed by atoms with Crippen molar-refractivity contribution in [3.05, 3.63) is 119 Å². The lowest BCUT2D eigenvalue weighted by Crippen LogP contribution is -2.33. The molecule has 1 aliphatic rings. The second kappa shape index (κ2) is 11.1. The highest BCUT2D eigenvalue weighted by molar-refractivity contribution is 7.80. The Morgan fingerprint density at radius 3 is 2.50 bits per heavy atom. The van der Waals surface area contributed by atoms with E-state index < -0.39 is 0 Å². The van der Waals surface area contributed by atoms with E-state index in [2.05, 4.69) is 69.3 Å². The van der Waals surface area contributed by atoms with Crippen LogP contribution in [0.4, 0.5) is 10.1 Å². The lowest BCUT2D eigenvalue weighted by molar-refractivity contribution is -0.116. The van der Waals surface area contributed by atoms with Crippen LogP contribution in [0.15, 0.2) is 85.1 Å². The Morgan fingerprint density at radius 2 is 1.79 bits per heavy atom. The number of carbonyl (C=O) groups is 1. The van der Waals surface area contributed by atoms with Gasteiger partial charge in [-0.15, -0.1) is 0 Å². The molecule has 0 aliphatic carbocycles. The number of rotatable bonds is 8.